The lowest BCUT2D eigenvalue weighted by atomic mass is 9.96. The lowest BCUT2D eigenvalue weighted by Crippen LogP contribution is -2.01. The summed E-state index contributed by atoms with van der Waals surface area (Å²) in [4.78, 5) is 20.6. The van der Waals surface area contributed by atoms with E-state index in [0.29, 0.717) is 17.5 Å². The van der Waals surface area contributed by atoms with Crippen LogP contribution in [0.5, 0.6) is 0 Å². The van der Waals surface area contributed by atoms with Crippen molar-refractivity contribution in [3.63, 3.8) is 0 Å². The molecule has 5 nitrogen and oxygen atoms in total. The van der Waals surface area contributed by atoms with E-state index < -0.39 is 0 Å². The van der Waals surface area contributed by atoms with Crippen LogP contribution < -0.4 is 0 Å². The normalized spacial score (nSPS) is 11.5. The van der Waals surface area contributed by atoms with Crippen LogP contribution in [0.2, 0.25) is 0 Å². The highest BCUT2D eigenvalue weighted by Gasteiger charge is 2.18. The molecular weight excluding hydrogens is 697 g/mol. The maximum absolute atomic E-state index is 6.57. The third-order valence-electron chi connectivity index (χ3n) is 10.7. The maximum Gasteiger partial charge on any atom is 0.164 e. The Kier molecular flexibility index (Phi) is 7.74. The molecule has 11 aromatic rings. The summed E-state index contributed by atoms with van der Waals surface area (Å²) >= 11 is 0. The van der Waals surface area contributed by atoms with E-state index in [0.717, 1.165) is 88.4 Å². The molecule has 8 aromatic carbocycles. The van der Waals surface area contributed by atoms with Crippen LogP contribution in [0.4, 0.5) is 0 Å². The van der Waals surface area contributed by atoms with Gasteiger partial charge in [0.05, 0.1) is 11.2 Å². The largest absolute Gasteiger partial charge is 0.455 e. The van der Waals surface area contributed by atoms with Gasteiger partial charge in [-0.05, 0) is 69.9 Å². The zero-order valence-corrected chi connectivity index (χ0v) is 30.7. The summed E-state index contributed by atoms with van der Waals surface area (Å²) in [7, 11) is 0. The highest BCUT2D eigenvalue weighted by atomic mass is 16.3. The van der Waals surface area contributed by atoms with Crippen molar-refractivity contribution in [2.45, 2.75) is 0 Å². The second kappa shape index (κ2) is 13.5. The minimum absolute atomic E-state index is 0.567. The molecule has 11 rings (SSSR count). The van der Waals surface area contributed by atoms with Gasteiger partial charge in [-0.1, -0.05) is 152 Å². The van der Waals surface area contributed by atoms with E-state index in [2.05, 4.69) is 146 Å². The first-order valence-corrected chi connectivity index (χ1v) is 19.0. The molecule has 0 amide bonds. The first kappa shape index (κ1) is 32.7. The fourth-order valence-corrected chi connectivity index (χ4v) is 7.80. The van der Waals surface area contributed by atoms with Gasteiger partial charge in [0.25, 0.3) is 0 Å². The van der Waals surface area contributed by atoms with Gasteiger partial charge in [-0.25, -0.2) is 19.9 Å². The Hall–Kier alpha value is -7.76. The predicted molar refractivity (Wildman–Crippen MR) is 233 cm³/mol. The van der Waals surface area contributed by atoms with Gasteiger partial charge < -0.3 is 4.42 Å². The molecule has 57 heavy (non-hydrogen) atoms. The third-order valence-corrected chi connectivity index (χ3v) is 10.7. The second-order valence-corrected chi connectivity index (χ2v) is 14.3. The summed E-state index contributed by atoms with van der Waals surface area (Å²) < 4.78 is 6.57. The molecule has 0 spiro atoms. The topological polar surface area (TPSA) is 64.7 Å². The third kappa shape index (κ3) is 5.99. The van der Waals surface area contributed by atoms with E-state index in [1.165, 1.54) is 5.39 Å². The van der Waals surface area contributed by atoms with Crippen molar-refractivity contribution in [2.24, 2.45) is 0 Å². The maximum atomic E-state index is 6.57. The molecule has 0 fully saturated rings. The molecule has 0 unspecified atom stereocenters. The molecular formula is C52H32N4O. The number of para-hydroxylation sites is 2. The molecule has 0 saturated heterocycles. The van der Waals surface area contributed by atoms with Crippen molar-refractivity contribution in [1.82, 2.24) is 19.9 Å². The van der Waals surface area contributed by atoms with Crippen LogP contribution in [0.1, 0.15) is 0 Å². The molecule has 266 valence electrons. The SMILES string of the molecule is c1ccc(-c2ccc(-c3nc(-c4ccccc4)nc(-c4cc(-c5ccc6cc7ccccc7cc6n5)cc(-c5cccc6c5oc5ccccc56)c4)n3)cc2)cc1. The zero-order chi connectivity index (χ0) is 37.7. The summed E-state index contributed by atoms with van der Waals surface area (Å²) in [6.45, 7) is 0. The van der Waals surface area contributed by atoms with Crippen LogP contribution in [0.25, 0.3) is 111 Å². The molecule has 0 aliphatic carbocycles. The molecule has 0 bridgehead atoms. The molecule has 3 aromatic heterocycles. The average Bonchev–Trinajstić information content (AvgIpc) is 3.67. The molecule has 0 aliphatic heterocycles. The number of hydrogen-bond acceptors (Lipinski definition) is 5. The fraction of sp³-hybridized carbons (Fsp3) is 0. The van der Waals surface area contributed by atoms with Crippen molar-refractivity contribution in [1.29, 1.82) is 0 Å². The Labute approximate surface area is 328 Å². The van der Waals surface area contributed by atoms with E-state index in [4.69, 9.17) is 24.4 Å². The van der Waals surface area contributed by atoms with Crippen LogP contribution in [0.3, 0.4) is 0 Å². The fourth-order valence-electron chi connectivity index (χ4n) is 7.80. The number of furan rings is 1. The van der Waals surface area contributed by atoms with E-state index in [9.17, 15) is 0 Å². The predicted octanol–water partition coefficient (Wildman–Crippen LogP) is 13.5. The minimum Gasteiger partial charge on any atom is -0.455 e. The Morgan fingerprint density at radius 3 is 1.65 bits per heavy atom. The molecule has 0 N–H and O–H groups in total. The molecule has 0 aliphatic rings. The summed E-state index contributed by atoms with van der Waals surface area (Å²) in [6.07, 6.45) is 0. The highest BCUT2D eigenvalue weighted by Crippen LogP contribution is 2.39. The first-order valence-electron chi connectivity index (χ1n) is 19.0. The highest BCUT2D eigenvalue weighted by molar-refractivity contribution is 6.10. The standard InChI is InChI=1S/C52H32N4O/c1-3-12-33(13-4-1)34-22-24-36(25-23-34)51-54-50(35-14-5-2-6-15-35)55-52(56-51)42-30-40(43-19-11-20-45-44-18-9-10-21-48(44)57-49(43)45)29-41(31-42)46-27-26-39-28-37-16-7-8-17-38(37)32-47(39)53-46/h1-32H. The monoisotopic (exact) mass is 728 g/mol. The van der Waals surface area contributed by atoms with Crippen LogP contribution in [0.15, 0.2) is 199 Å². The number of pyridine rings is 1. The van der Waals surface area contributed by atoms with Gasteiger partial charge in [0.15, 0.2) is 17.5 Å². The number of hydrogen-bond donors (Lipinski definition) is 0. The molecule has 0 saturated carbocycles. The molecule has 0 radical (unpaired) electrons. The minimum atomic E-state index is 0.567. The molecule has 5 heteroatoms. The van der Waals surface area contributed by atoms with Crippen LogP contribution in [0, 0.1) is 0 Å². The van der Waals surface area contributed by atoms with Crippen molar-refractivity contribution in [3.8, 4) is 67.7 Å². The van der Waals surface area contributed by atoms with E-state index in [1.807, 2.05) is 48.5 Å². The Morgan fingerprint density at radius 2 is 0.877 bits per heavy atom. The van der Waals surface area contributed by atoms with E-state index in [-0.39, 0.29) is 0 Å². The number of benzene rings is 8. The number of aromatic nitrogens is 4. The summed E-state index contributed by atoms with van der Waals surface area (Å²) in [5.74, 6) is 1.77. The van der Waals surface area contributed by atoms with Gasteiger partial charge in [-0.15, -0.1) is 0 Å². The summed E-state index contributed by atoms with van der Waals surface area (Å²) in [6, 6.07) is 67.0. The lowest BCUT2D eigenvalue weighted by molar-refractivity contribution is 0.670. The average molecular weight is 729 g/mol. The Morgan fingerprint density at radius 1 is 0.316 bits per heavy atom. The quantitative estimate of drug-likeness (QED) is 0.160. The van der Waals surface area contributed by atoms with Crippen molar-refractivity contribution in [3.05, 3.63) is 194 Å². The zero-order valence-electron chi connectivity index (χ0n) is 30.7. The van der Waals surface area contributed by atoms with Crippen LogP contribution >= 0.6 is 0 Å². The van der Waals surface area contributed by atoms with Gasteiger partial charge >= 0.3 is 0 Å². The summed E-state index contributed by atoms with van der Waals surface area (Å²) in [5.41, 5.74) is 11.3. The van der Waals surface area contributed by atoms with Crippen LogP contribution in [-0.2, 0) is 0 Å². The lowest BCUT2D eigenvalue weighted by Gasteiger charge is -2.13. The van der Waals surface area contributed by atoms with Crippen molar-refractivity contribution < 1.29 is 4.42 Å². The van der Waals surface area contributed by atoms with Gasteiger partial charge in [-0.3, -0.25) is 0 Å². The van der Waals surface area contributed by atoms with E-state index in [1.54, 1.807) is 0 Å². The van der Waals surface area contributed by atoms with Crippen molar-refractivity contribution >= 4 is 43.6 Å². The van der Waals surface area contributed by atoms with Gasteiger partial charge in [0.1, 0.15) is 11.2 Å². The summed E-state index contributed by atoms with van der Waals surface area (Å²) in [5, 5.41) is 5.59. The second-order valence-electron chi connectivity index (χ2n) is 14.3. The van der Waals surface area contributed by atoms with Gasteiger partial charge in [-0.2, -0.15) is 0 Å². The van der Waals surface area contributed by atoms with Crippen molar-refractivity contribution in [2.75, 3.05) is 0 Å². The van der Waals surface area contributed by atoms with Gasteiger partial charge in [0.2, 0.25) is 0 Å². The van der Waals surface area contributed by atoms with Gasteiger partial charge in [0, 0.05) is 44.0 Å². The number of nitrogens with zero attached hydrogens (tertiary/aromatic N) is 4. The smallest absolute Gasteiger partial charge is 0.164 e. The molecule has 0 atom stereocenters. The van der Waals surface area contributed by atoms with Crippen LogP contribution in [-0.4, -0.2) is 19.9 Å². The Balaban J connectivity index is 1.12. The number of rotatable bonds is 6. The molecule has 3 heterocycles. The first-order chi connectivity index (χ1) is 28.2. The Bertz CT molecular complexity index is 3280. The number of fused-ring (bicyclic) bond motifs is 5. The van der Waals surface area contributed by atoms with E-state index >= 15 is 0 Å².